The molecule has 4 rings (SSSR count). The summed E-state index contributed by atoms with van der Waals surface area (Å²) in [6.45, 7) is 4.17. The highest BCUT2D eigenvalue weighted by Gasteiger charge is 2.41. The third-order valence-electron chi connectivity index (χ3n) is 6.57. The number of nitrogens with one attached hydrogen (secondary N) is 1. The van der Waals surface area contributed by atoms with E-state index in [0.717, 1.165) is 33.4 Å². The molecule has 0 amide bonds. The zero-order valence-corrected chi connectivity index (χ0v) is 22.0. The molecule has 2 aromatic rings. The van der Waals surface area contributed by atoms with Gasteiger partial charge < -0.3 is 19.5 Å². The smallest absolute Gasteiger partial charge is 0.336 e. The van der Waals surface area contributed by atoms with E-state index >= 15 is 0 Å². The summed E-state index contributed by atoms with van der Waals surface area (Å²) < 4.78 is 17.3. The molecule has 0 spiro atoms. The van der Waals surface area contributed by atoms with Crippen LogP contribution < -0.4 is 14.8 Å². The second-order valence-electron chi connectivity index (χ2n) is 8.82. The zero-order valence-electron chi connectivity index (χ0n) is 20.4. The van der Waals surface area contributed by atoms with Crippen LogP contribution in [0.5, 0.6) is 11.5 Å². The molecule has 0 aromatic heterocycles. The van der Waals surface area contributed by atoms with Crippen molar-refractivity contribution < 1.29 is 23.8 Å². The molecule has 2 aliphatic rings. The molecule has 0 radical (unpaired) electrons. The van der Waals surface area contributed by atoms with Gasteiger partial charge in [0, 0.05) is 33.8 Å². The largest absolute Gasteiger partial charge is 0.493 e. The summed E-state index contributed by atoms with van der Waals surface area (Å²) in [7, 11) is 3.21. The van der Waals surface area contributed by atoms with E-state index in [1.807, 2.05) is 56.3 Å². The van der Waals surface area contributed by atoms with Crippen LogP contribution >= 0.6 is 15.9 Å². The lowest BCUT2D eigenvalue weighted by atomic mass is 9.71. The number of hydrogen-bond acceptors (Lipinski definition) is 6. The molecule has 0 fully saturated rings. The maximum atomic E-state index is 13.7. The summed E-state index contributed by atoms with van der Waals surface area (Å²) in [6.07, 6.45) is 1.73. The van der Waals surface area contributed by atoms with E-state index in [9.17, 15) is 9.59 Å². The molecule has 1 N–H and O–H groups in total. The van der Waals surface area contributed by atoms with Gasteiger partial charge >= 0.3 is 5.97 Å². The fraction of sp³-hybridized carbons (Fsp3) is 0.357. The van der Waals surface area contributed by atoms with Gasteiger partial charge in [0.25, 0.3) is 0 Å². The van der Waals surface area contributed by atoms with Crippen molar-refractivity contribution in [3.05, 3.63) is 80.6 Å². The first-order valence-corrected chi connectivity index (χ1v) is 12.6. The van der Waals surface area contributed by atoms with Gasteiger partial charge in [-0.25, -0.2) is 4.79 Å². The number of rotatable bonds is 7. The number of carbonyl (C=O) groups excluding carboxylic acids is 2. The van der Waals surface area contributed by atoms with Crippen molar-refractivity contribution in [2.24, 2.45) is 0 Å². The molecule has 0 saturated carbocycles. The number of ether oxygens (including phenoxy) is 3. The molecule has 7 heteroatoms. The highest BCUT2D eigenvalue weighted by atomic mass is 79.9. The van der Waals surface area contributed by atoms with Crippen molar-refractivity contribution in [2.75, 3.05) is 20.8 Å². The Balaban J connectivity index is 1.75. The van der Waals surface area contributed by atoms with E-state index in [-0.39, 0.29) is 17.7 Å². The SMILES string of the molecule is CCCOC(=O)C1=C(C)NC2=C(C(=O)C[C@@H](c3ccc(OC)c(OC)c3)C2)[C@@H]1c1ccc(Br)cc1. The molecule has 35 heavy (non-hydrogen) atoms. The molecule has 6 nitrogen and oxygen atoms in total. The van der Waals surface area contributed by atoms with Crippen LogP contribution in [0.4, 0.5) is 0 Å². The lowest BCUT2D eigenvalue weighted by Gasteiger charge is -2.36. The molecule has 184 valence electrons. The fourth-order valence-electron chi connectivity index (χ4n) is 4.91. The second kappa shape index (κ2) is 10.7. The van der Waals surface area contributed by atoms with Crippen LogP contribution in [0.2, 0.25) is 0 Å². The molecule has 1 aliphatic heterocycles. The van der Waals surface area contributed by atoms with Crippen molar-refractivity contribution in [2.45, 2.75) is 44.9 Å². The number of methoxy groups -OCH3 is 2. The van der Waals surface area contributed by atoms with Crippen molar-refractivity contribution in [1.29, 1.82) is 0 Å². The third kappa shape index (κ3) is 5.01. The van der Waals surface area contributed by atoms with Gasteiger partial charge in [0.15, 0.2) is 17.3 Å². The summed E-state index contributed by atoms with van der Waals surface area (Å²) in [6, 6.07) is 13.6. The molecule has 0 saturated heterocycles. The Bertz CT molecular complexity index is 1200. The Hall–Kier alpha value is -3.06. The van der Waals surface area contributed by atoms with Crippen LogP contribution in [0.3, 0.4) is 0 Å². The van der Waals surface area contributed by atoms with Crippen molar-refractivity contribution >= 4 is 27.7 Å². The molecule has 0 unspecified atom stereocenters. The number of hydrogen-bond donors (Lipinski definition) is 1. The van der Waals surface area contributed by atoms with Crippen LogP contribution in [0.15, 0.2) is 69.5 Å². The number of allylic oxidation sites excluding steroid dienone is 3. The average molecular weight is 540 g/mol. The molecule has 0 bridgehead atoms. The predicted molar refractivity (Wildman–Crippen MR) is 138 cm³/mol. The Kier molecular flexibility index (Phi) is 7.65. The quantitative estimate of drug-likeness (QED) is 0.449. The normalized spacial score (nSPS) is 19.7. The molecule has 2 aromatic carbocycles. The van der Waals surface area contributed by atoms with E-state index in [2.05, 4.69) is 21.2 Å². The maximum Gasteiger partial charge on any atom is 0.336 e. The number of dihydropyridines is 1. The molecular formula is C28H30BrNO5. The van der Waals surface area contributed by atoms with Gasteiger partial charge in [-0.2, -0.15) is 0 Å². The van der Waals surface area contributed by atoms with E-state index in [4.69, 9.17) is 14.2 Å². The minimum Gasteiger partial charge on any atom is -0.493 e. The Labute approximate surface area is 214 Å². The minimum atomic E-state index is -0.470. The van der Waals surface area contributed by atoms with Crippen LogP contribution in [0.1, 0.15) is 56.1 Å². The average Bonchev–Trinajstić information content (AvgIpc) is 2.86. The first-order valence-electron chi connectivity index (χ1n) is 11.8. The monoisotopic (exact) mass is 539 g/mol. The van der Waals surface area contributed by atoms with Gasteiger partial charge in [-0.3, -0.25) is 4.79 Å². The van der Waals surface area contributed by atoms with E-state index in [1.165, 1.54) is 0 Å². The van der Waals surface area contributed by atoms with Crippen molar-refractivity contribution in [3.8, 4) is 11.5 Å². The minimum absolute atomic E-state index is 0.0134. The van der Waals surface area contributed by atoms with Crippen LogP contribution in [-0.2, 0) is 14.3 Å². The highest BCUT2D eigenvalue weighted by Crippen LogP contribution is 2.46. The van der Waals surface area contributed by atoms with Gasteiger partial charge in [0.1, 0.15) is 0 Å². The molecular weight excluding hydrogens is 510 g/mol. The van der Waals surface area contributed by atoms with Crippen molar-refractivity contribution in [1.82, 2.24) is 5.32 Å². The van der Waals surface area contributed by atoms with E-state index in [1.54, 1.807) is 14.2 Å². The van der Waals surface area contributed by atoms with Crippen LogP contribution in [-0.4, -0.2) is 32.6 Å². The summed E-state index contributed by atoms with van der Waals surface area (Å²) in [5.74, 6) is 0.450. The number of Topliss-reactive ketones (excluding diaryl/α,β-unsaturated/α-hetero) is 1. The maximum absolute atomic E-state index is 13.7. The third-order valence-corrected chi connectivity index (χ3v) is 7.10. The van der Waals surface area contributed by atoms with Crippen LogP contribution in [0.25, 0.3) is 0 Å². The lowest BCUT2D eigenvalue weighted by molar-refractivity contribution is -0.139. The molecule has 1 heterocycles. The standard InChI is InChI=1S/C28H30BrNO5/c1-5-12-35-28(32)25-16(2)30-21-13-19(18-8-11-23(33-3)24(15-18)34-4)14-22(31)27(21)26(25)17-6-9-20(29)10-7-17/h6-11,15,19,26,30H,5,12-14H2,1-4H3/t19-,26+/m0/s1. The number of halogens is 1. The van der Waals surface area contributed by atoms with Gasteiger partial charge in [-0.1, -0.05) is 41.1 Å². The van der Waals surface area contributed by atoms with Gasteiger partial charge in [-0.05, 0) is 61.1 Å². The van der Waals surface area contributed by atoms with Crippen molar-refractivity contribution in [3.63, 3.8) is 0 Å². The van der Waals surface area contributed by atoms with Gasteiger partial charge in [0.05, 0.1) is 26.4 Å². The Morgan fingerprint density at radius 2 is 1.71 bits per heavy atom. The zero-order chi connectivity index (χ0) is 25.1. The second-order valence-corrected chi connectivity index (χ2v) is 9.73. The van der Waals surface area contributed by atoms with Crippen LogP contribution in [0, 0.1) is 0 Å². The predicted octanol–water partition coefficient (Wildman–Crippen LogP) is 5.78. The first kappa shape index (κ1) is 25.0. The highest BCUT2D eigenvalue weighted by molar-refractivity contribution is 9.10. The number of carbonyl (C=O) groups is 2. The van der Waals surface area contributed by atoms with Gasteiger partial charge in [-0.15, -0.1) is 0 Å². The topological polar surface area (TPSA) is 73.9 Å². The summed E-state index contributed by atoms with van der Waals surface area (Å²) in [5.41, 5.74) is 4.63. The number of esters is 1. The number of ketones is 1. The summed E-state index contributed by atoms with van der Waals surface area (Å²) >= 11 is 3.48. The van der Waals surface area contributed by atoms with E-state index in [0.29, 0.717) is 42.1 Å². The Morgan fingerprint density at radius 1 is 1.03 bits per heavy atom. The summed E-state index contributed by atoms with van der Waals surface area (Å²) in [5, 5.41) is 3.39. The Morgan fingerprint density at radius 3 is 2.37 bits per heavy atom. The molecule has 2 atom stereocenters. The number of benzene rings is 2. The molecule has 1 aliphatic carbocycles. The van der Waals surface area contributed by atoms with E-state index < -0.39 is 5.92 Å². The summed E-state index contributed by atoms with van der Waals surface area (Å²) in [4.78, 5) is 26.8. The first-order chi connectivity index (χ1) is 16.9. The lowest BCUT2D eigenvalue weighted by Crippen LogP contribution is -2.36. The fourth-order valence-corrected chi connectivity index (χ4v) is 5.18. The van der Waals surface area contributed by atoms with Gasteiger partial charge in [0.2, 0.25) is 0 Å².